The molecule has 0 aliphatic carbocycles. The Kier molecular flexibility index (Phi) is 6.04. The number of urea groups is 1. The fourth-order valence-electron chi connectivity index (χ4n) is 2.32. The number of rotatable bonds is 6. The molecule has 1 unspecified atom stereocenters. The fraction of sp³-hybridized carbons (Fsp3) is 0.375. The van der Waals surface area contributed by atoms with Crippen LogP contribution in [0.15, 0.2) is 35.5 Å². The second kappa shape index (κ2) is 8.01. The smallest absolute Gasteiger partial charge is 0.338 e. The highest BCUT2D eigenvalue weighted by Crippen LogP contribution is 2.27. The van der Waals surface area contributed by atoms with Gasteiger partial charge in [-0.2, -0.15) is 11.8 Å². The molecule has 124 valence electrons. The van der Waals surface area contributed by atoms with Gasteiger partial charge in [0.15, 0.2) is 0 Å². The van der Waals surface area contributed by atoms with Gasteiger partial charge in [0.2, 0.25) is 0 Å². The summed E-state index contributed by atoms with van der Waals surface area (Å²) in [6, 6.07) is 4.63. The summed E-state index contributed by atoms with van der Waals surface area (Å²) >= 11 is 1.67. The molecule has 5 nitrogen and oxygen atoms in total. The average molecular weight is 338 g/mol. The van der Waals surface area contributed by atoms with E-state index in [-0.39, 0.29) is 12.2 Å². The van der Waals surface area contributed by atoms with E-state index in [4.69, 9.17) is 4.74 Å². The summed E-state index contributed by atoms with van der Waals surface area (Å²) in [6.45, 7) is 3.94. The first-order chi connectivity index (χ1) is 11.0. The maximum absolute atomic E-state index is 13.5. The summed E-state index contributed by atoms with van der Waals surface area (Å²) in [4.78, 5) is 24.1. The summed E-state index contributed by atoms with van der Waals surface area (Å²) < 4.78 is 18.7. The minimum atomic E-state index is -0.731. The molecule has 0 radical (unpaired) electrons. The summed E-state index contributed by atoms with van der Waals surface area (Å²) in [5.41, 5.74) is 1.20. The maximum Gasteiger partial charge on any atom is 0.338 e. The molecule has 7 heteroatoms. The van der Waals surface area contributed by atoms with Gasteiger partial charge in [-0.15, -0.1) is 0 Å². The molecule has 2 rings (SSSR count). The second-order valence-electron chi connectivity index (χ2n) is 4.96. The van der Waals surface area contributed by atoms with Crippen molar-refractivity contribution in [3.05, 3.63) is 46.9 Å². The van der Waals surface area contributed by atoms with E-state index in [0.29, 0.717) is 17.0 Å². The lowest BCUT2D eigenvalue weighted by molar-refractivity contribution is -0.138. The van der Waals surface area contributed by atoms with Gasteiger partial charge >= 0.3 is 12.0 Å². The number of hydrogen-bond acceptors (Lipinski definition) is 4. The van der Waals surface area contributed by atoms with E-state index in [2.05, 4.69) is 10.6 Å². The first-order valence-electron chi connectivity index (χ1n) is 7.31. The Morgan fingerprint density at radius 1 is 1.43 bits per heavy atom. The zero-order valence-corrected chi connectivity index (χ0v) is 13.8. The largest absolute Gasteiger partial charge is 0.461 e. The lowest BCUT2D eigenvalue weighted by atomic mass is 9.95. The van der Waals surface area contributed by atoms with Crippen LogP contribution in [0, 0.1) is 5.82 Å². The molecule has 0 saturated carbocycles. The monoisotopic (exact) mass is 338 g/mol. The van der Waals surface area contributed by atoms with Gasteiger partial charge in [0.1, 0.15) is 12.4 Å². The lowest BCUT2D eigenvalue weighted by Crippen LogP contribution is -2.45. The molecule has 0 spiro atoms. The molecule has 0 fully saturated rings. The quantitative estimate of drug-likeness (QED) is 0.618. The third-order valence-corrected chi connectivity index (χ3v) is 4.20. The topological polar surface area (TPSA) is 67.4 Å². The van der Waals surface area contributed by atoms with Crippen LogP contribution in [0.2, 0.25) is 0 Å². The average Bonchev–Trinajstić information content (AvgIpc) is 2.50. The molecular weight excluding hydrogens is 319 g/mol. The van der Waals surface area contributed by atoms with E-state index in [1.165, 1.54) is 18.2 Å². The van der Waals surface area contributed by atoms with E-state index in [1.807, 2.05) is 6.92 Å². The van der Waals surface area contributed by atoms with Gasteiger partial charge in [0, 0.05) is 11.4 Å². The number of carbonyl (C=O) groups is 2. The Morgan fingerprint density at radius 2 is 2.22 bits per heavy atom. The number of nitrogens with one attached hydrogen (secondary N) is 2. The molecule has 1 aliphatic heterocycles. The first kappa shape index (κ1) is 17.3. The number of hydrogen-bond donors (Lipinski definition) is 2. The van der Waals surface area contributed by atoms with Crippen LogP contribution < -0.4 is 10.6 Å². The number of benzene rings is 1. The van der Waals surface area contributed by atoms with Crippen molar-refractivity contribution in [3.63, 3.8) is 0 Å². The molecule has 23 heavy (non-hydrogen) atoms. The van der Waals surface area contributed by atoms with Crippen molar-refractivity contribution in [3.8, 4) is 0 Å². The Morgan fingerprint density at radius 3 is 2.91 bits per heavy atom. The maximum atomic E-state index is 13.5. The summed E-state index contributed by atoms with van der Waals surface area (Å²) in [5, 5.41) is 5.20. The third-order valence-electron chi connectivity index (χ3n) is 3.34. The Balaban J connectivity index is 2.22. The fourth-order valence-corrected chi connectivity index (χ4v) is 2.81. The van der Waals surface area contributed by atoms with E-state index < -0.39 is 23.9 Å². The molecule has 0 bridgehead atoms. The van der Waals surface area contributed by atoms with E-state index in [9.17, 15) is 14.0 Å². The standard InChI is InChI=1S/C16H19FN2O3S/c1-3-23-8-7-22-15(20)13-10(2)18-16(21)19-14(13)11-5-4-6-12(17)9-11/h4-6,9,14H,3,7-8H2,1-2H3,(H2,18,19,21). The van der Waals surface area contributed by atoms with Crippen LogP contribution in [0.4, 0.5) is 9.18 Å². The molecule has 0 saturated heterocycles. The van der Waals surface area contributed by atoms with Crippen LogP contribution in [0.5, 0.6) is 0 Å². The molecule has 1 atom stereocenters. The second-order valence-corrected chi connectivity index (χ2v) is 6.35. The van der Waals surface area contributed by atoms with Crippen LogP contribution >= 0.6 is 11.8 Å². The minimum absolute atomic E-state index is 0.289. The molecule has 1 aromatic carbocycles. The molecule has 2 amide bonds. The van der Waals surface area contributed by atoms with Crippen molar-refractivity contribution < 1.29 is 18.7 Å². The van der Waals surface area contributed by atoms with Crippen LogP contribution in [-0.2, 0) is 9.53 Å². The zero-order valence-electron chi connectivity index (χ0n) is 13.0. The Bertz CT molecular complexity index is 634. The molecule has 2 N–H and O–H groups in total. The van der Waals surface area contributed by atoms with Gasteiger partial charge in [-0.25, -0.2) is 14.0 Å². The van der Waals surface area contributed by atoms with Crippen molar-refractivity contribution in [2.24, 2.45) is 0 Å². The van der Waals surface area contributed by atoms with Crippen LogP contribution in [0.3, 0.4) is 0 Å². The van der Waals surface area contributed by atoms with Gasteiger partial charge in [0.25, 0.3) is 0 Å². The Hall–Kier alpha value is -2.02. The zero-order chi connectivity index (χ0) is 16.8. The SMILES string of the molecule is CCSCCOC(=O)C1=C(C)NC(=O)NC1c1cccc(F)c1. The molecule has 1 aromatic rings. The van der Waals surface area contributed by atoms with E-state index in [1.54, 1.807) is 24.8 Å². The third kappa shape index (κ3) is 4.48. The number of amides is 2. The summed E-state index contributed by atoms with van der Waals surface area (Å²) in [7, 11) is 0. The van der Waals surface area contributed by atoms with Gasteiger partial charge in [-0.3, -0.25) is 0 Å². The van der Waals surface area contributed by atoms with Crippen LogP contribution in [-0.4, -0.2) is 30.1 Å². The van der Waals surface area contributed by atoms with Crippen molar-refractivity contribution in [2.75, 3.05) is 18.1 Å². The number of halogens is 1. The van der Waals surface area contributed by atoms with Gasteiger partial charge in [0.05, 0.1) is 11.6 Å². The molecule has 1 heterocycles. The number of thioether (sulfide) groups is 1. The van der Waals surface area contributed by atoms with Crippen LogP contribution in [0.25, 0.3) is 0 Å². The van der Waals surface area contributed by atoms with Gasteiger partial charge < -0.3 is 15.4 Å². The molecule has 0 aromatic heterocycles. The molecule has 1 aliphatic rings. The number of ether oxygens (including phenoxy) is 1. The number of allylic oxidation sites excluding steroid dienone is 1. The summed E-state index contributed by atoms with van der Waals surface area (Å²) in [6.07, 6.45) is 0. The predicted octanol–water partition coefficient (Wildman–Crippen LogP) is 2.75. The number of carbonyl (C=O) groups excluding carboxylic acids is 2. The Labute approximate surface area is 138 Å². The lowest BCUT2D eigenvalue weighted by Gasteiger charge is -2.28. The molecular formula is C16H19FN2O3S. The minimum Gasteiger partial charge on any atom is -0.461 e. The van der Waals surface area contributed by atoms with Crippen molar-refractivity contribution in [1.29, 1.82) is 0 Å². The highest BCUT2D eigenvalue weighted by molar-refractivity contribution is 7.99. The number of esters is 1. The summed E-state index contributed by atoms with van der Waals surface area (Å²) in [5.74, 6) is 0.711. The highest BCUT2D eigenvalue weighted by Gasteiger charge is 2.32. The van der Waals surface area contributed by atoms with Crippen molar-refractivity contribution in [2.45, 2.75) is 19.9 Å². The van der Waals surface area contributed by atoms with Crippen LogP contribution in [0.1, 0.15) is 25.5 Å². The van der Waals surface area contributed by atoms with Gasteiger partial charge in [-0.1, -0.05) is 19.1 Å². The van der Waals surface area contributed by atoms with Gasteiger partial charge in [-0.05, 0) is 30.4 Å². The first-order valence-corrected chi connectivity index (χ1v) is 8.47. The highest BCUT2D eigenvalue weighted by atomic mass is 32.2. The van der Waals surface area contributed by atoms with Crippen molar-refractivity contribution in [1.82, 2.24) is 10.6 Å². The predicted molar refractivity (Wildman–Crippen MR) is 87.5 cm³/mol. The van der Waals surface area contributed by atoms with Crippen molar-refractivity contribution >= 4 is 23.8 Å². The normalized spacial score (nSPS) is 17.5. The van der Waals surface area contributed by atoms with E-state index >= 15 is 0 Å². The van der Waals surface area contributed by atoms with E-state index in [0.717, 1.165) is 5.75 Å².